The van der Waals surface area contributed by atoms with Crippen LogP contribution in [0.15, 0.2) is 41.1 Å². The third-order valence-electron chi connectivity index (χ3n) is 6.95. The van der Waals surface area contributed by atoms with Gasteiger partial charge in [-0.05, 0) is 37.0 Å². The summed E-state index contributed by atoms with van der Waals surface area (Å²) in [5.74, 6) is 3.51. The van der Waals surface area contributed by atoms with Crippen LogP contribution in [-0.2, 0) is 0 Å². The van der Waals surface area contributed by atoms with Crippen LogP contribution in [-0.4, -0.2) is 87.4 Å². The molecule has 0 amide bonds. The van der Waals surface area contributed by atoms with Gasteiger partial charge in [0.15, 0.2) is 5.76 Å². The predicted octanol–water partition coefficient (Wildman–Crippen LogP) is 1.80. The van der Waals surface area contributed by atoms with Crippen molar-refractivity contribution >= 4 is 23.4 Å². The molecule has 4 aromatic rings. The molecule has 188 valence electrons. The van der Waals surface area contributed by atoms with Crippen LogP contribution < -0.4 is 20.3 Å². The van der Waals surface area contributed by atoms with E-state index < -0.39 is 0 Å². The van der Waals surface area contributed by atoms with E-state index in [0.717, 1.165) is 57.9 Å². The maximum Gasteiger partial charge on any atom is 0.259 e. The zero-order chi connectivity index (χ0) is 24.5. The minimum absolute atomic E-state index is 0.270. The van der Waals surface area contributed by atoms with Crippen LogP contribution in [0.1, 0.15) is 12.8 Å². The highest BCUT2D eigenvalue weighted by molar-refractivity contribution is 5.53. The van der Waals surface area contributed by atoms with Crippen molar-refractivity contribution in [1.82, 2.24) is 34.4 Å². The summed E-state index contributed by atoms with van der Waals surface area (Å²) < 4.78 is 12.0. The molecule has 2 aliphatic rings. The van der Waals surface area contributed by atoms with Crippen molar-refractivity contribution in [2.24, 2.45) is 5.92 Å². The van der Waals surface area contributed by atoms with E-state index in [-0.39, 0.29) is 5.95 Å². The molecule has 0 spiro atoms. The maximum atomic E-state index is 6.22. The smallest absolute Gasteiger partial charge is 0.259 e. The summed E-state index contributed by atoms with van der Waals surface area (Å²) in [6, 6.07) is 7.60. The number of ether oxygens (including phenoxy) is 1. The summed E-state index contributed by atoms with van der Waals surface area (Å²) in [5.41, 5.74) is 7.37. The SMILES string of the molecule is COc1ccc(N2CCN(CC3CCCN(c4nc(N)n5nc(-c6ccco6)nc5n4)C3)CC2)cn1. The Morgan fingerprint density at radius 1 is 1.06 bits per heavy atom. The number of fused-ring (bicyclic) bond motifs is 1. The van der Waals surface area contributed by atoms with Gasteiger partial charge in [-0.1, -0.05) is 0 Å². The zero-order valence-corrected chi connectivity index (χ0v) is 20.3. The molecule has 2 fully saturated rings. The quantitative estimate of drug-likeness (QED) is 0.425. The Balaban J connectivity index is 1.08. The monoisotopic (exact) mass is 490 g/mol. The summed E-state index contributed by atoms with van der Waals surface area (Å²) in [6.07, 6.45) is 5.78. The Kier molecular flexibility index (Phi) is 6.01. The number of rotatable bonds is 6. The van der Waals surface area contributed by atoms with Gasteiger partial charge in [0.25, 0.3) is 5.78 Å². The largest absolute Gasteiger partial charge is 0.481 e. The van der Waals surface area contributed by atoms with Gasteiger partial charge in [0.05, 0.1) is 25.3 Å². The summed E-state index contributed by atoms with van der Waals surface area (Å²) in [5, 5.41) is 4.39. The number of anilines is 3. The molecule has 0 bridgehead atoms. The number of piperidine rings is 1. The van der Waals surface area contributed by atoms with E-state index in [1.54, 1.807) is 19.4 Å². The van der Waals surface area contributed by atoms with E-state index in [1.165, 1.54) is 10.9 Å². The van der Waals surface area contributed by atoms with Crippen LogP contribution in [0.3, 0.4) is 0 Å². The van der Waals surface area contributed by atoms with Gasteiger partial charge >= 0.3 is 0 Å². The van der Waals surface area contributed by atoms with Crippen molar-refractivity contribution in [3.63, 3.8) is 0 Å². The first kappa shape index (κ1) is 22.5. The molecule has 1 unspecified atom stereocenters. The lowest BCUT2D eigenvalue weighted by Gasteiger charge is -2.40. The van der Waals surface area contributed by atoms with Crippen molar-refractivity contribution in [3.8, 4) is 17.5 Å². The topological polar surface area (TPSA) is 127 Å². The van der Waals surface area contributed by atoms with Crippen molar-refractivity contribution in [2.45, 2.75) is 12.8 Å². The fourth-order valence-corrected chi connectivity index (χ4v) is 5.08. The average molecular weight is 491 g/mol. The van der Waals surface area contributed by atoms with Crippen LogP contribution in [0.25, 0.3) is 17.4 Å². The molecule has 2 N–H and O–H groups in total. The zero-order valence-electron chi connectivity index (χ0n) is 20.3. The Labute approximate surface area is 208 Å². The van der Waals surface area contributed by atoms with Gasteiger partial charge in [-0.3, -0.25) is 4.90 Å². The normalized spacial score (nSPS) is 19.2. The molecule has 6 heterocycles. The summed E-state index contributed by atoms with van der Waals surface area (Å²) in [6.45, 7) is 6.93. The molecule has 1 atom stereocenters. The standard InChI is InChI=1S/C24H30N10O2/c1-35-20-7-6-18(14-26-20)32-11-9-31(10-12-32)15-17-4-2-8-33(16-17)23-28-22(25)34-24(29-23)27-21(30-34)19-5-3-13-36-19/h3,5-7,13-14,17H,2,4,8-12,15-16H2,1H3,(H2,25,27,28,29,30). The fraction of sp³-hybridized carbons (Fsp3) is 0.458. The number of methoxy groups -OCH3 is 1. The second-order valence-electron chi connectivity index (χ2n) is 9.31. The molecular formula is C24H30N10O2. The first-order valence-electron chi connectivity index (χ1n) is 12.3. The van der Waals surface area contributed by atoms with Gasteiger partial charge in [-0.2, -0.15) is 19.5 Å². The molecular weight excluding hydrogens is 460 g/mol. The molecule has 4 aromatic heterocycles. The highest BCUT2D eigenvalue weighted by Crippen LogP contribution is 2.25. The van der Waals surface area contributed by atoms with Crippen LogP contribution in [0.5, 0.6) is 5.88 Å². The lowest BCUT2D eigenvalue weighted by Crippen LogP contribution is -2.49. The fourth-order valence-electron chi connectivity index (χ4n) is 5.08. The molecule has 2 aliphatic heterocycles. The van der Waals surface area contributed by atoms with E-state index in [0.29, 0.717) is 35.1 Å². The lowest BCUT2D eigenvalue weighted by atomic mass is 9.97. The predicted molar refractivity (Wildman–Crippen MR) is 135 cm³/mol. The second-order valence-corrected chi connectivity index (χ2v) is 9.31. The van der Waals surface area contributed by atoms with Gasteiger partial charge < -0.3 is 24.7 Å². The number of aromatic nitrogens is 6. The number of pyridine rings is 1. The van der Waals surface area contributed by atoms with Crippen molar-refractivity contribution in [1.29, 1.82) is 0 Å². The number of hydrogen-bond acceptors (Lipinski definition) is 11. The Morgan fingerprint density at radius 2 is 1.94 bits per heavy atom. The summed E-state index contributed by atoms with van der Waals surface area (Å²) in [7, 11) is 1.64. The van der Waals surface area contributed by atoms with E-state index in [4.69, 9.17) is 14.9 Å². The van der Waals surface area contributed by atoms with Crippen LogP contribution in [0.4, 0.5) is 17.6 Å². The van der Waals surface area contributed by atoms with Gasteiger partial charge in [-0.15, -0.1) is 5.10 Å². The summed E-state index contributed by atoms with van der Waals surface area (Å²) >= 11 is 0. The van der Waals surface area contributed by atoms with Crippen molar-refractivity contribution in [2.75, 3.05) is 68.5 Å². The van der Waals surface area contributed by atoms with Crippen LogP contribution in [0, 0.1) is 5.92 Å². The molecule has 12 nitrogen and oxygen atoms in total. The lowest BCUT2D eigenvalue weighted by molar-refractivity contribution is 0.205. The number of nitrogen functional groups attached to an aromatic ring is 1. The molecule has 0 radical (unpaired) electrons. The molecule has 6 rings (SSSR count). The average Bonchev–Trinajstić information content (AvgIpc) is 3.60. The molecule has 12 heteroatoms. The third kappa shape index (κ3) is 4.51. The maximum absolute atomic E-state index is 6.22. The van der Waals surface area contributed by atoms with Gasteiger partial charge in [-0.25, -0.2) is 4.98 Å². The van der Waals surface area contributed by atoms with E-state index >= 15 is 0 Å². The summed E-state index contributed by atoms with van der Waals surface area (Å²) in [4.78, 5) is 25.2. The molecule has 0 aliphatic carbocycles. The minimum atomic E-state index is 0.270. The Morgan fingerprint density at radius 3 is 2.69 bits per heavy atom. The number of piperazine rings is 1. The molecule has 36 heavy (non-hydrogen) atoms. The van der Waals surface area contributed by atoms with Gasteiger partial charge in [0.1, 0.15) is 0 Å². The highest BCUT2D eigenvalue weighted by atomic mass is 16.5. The van der Waals surface area contributed by atoms with E-state index in [2.05, 4.69) is 45.8 Å². The van der Waals surface area contributed by atoms with Gasteiger partial charge in [0.2, 0.25) is 23.6 Å². The van der Waals surface area contributed by atoms with Crippen LogP contribution >= 0.6 is 0 Å². The number of hydrogen-bond donors (Lipinski definition) is 1. The number of nitrogens with zero attached hydrogens (tertiary/aromatic N) is 9. The first-order valence-corrected chi connectivity index (χ1v) is 12.3. The number of nitrogens with two attached hydrogens (primary N) is 1. The first-order chi connectivity index (χ1) is 17.7. The van der Waals surface area contributed by atoms with Crippen molar-refractivity contribution in [3.05, 3.63) is 36.7 Å². The second kappa shape index (κ2) is 9.61. The van der Waals surface area contributed by atoms with Crippen LogP contribution in [0.2, 0.25) is 0 Å². The highest BCUT2D eigenvalue weighted by Gasteiger charge is 2.27. The third-order valence-corrected chi connectivity index (χ3v) is 6.95. The molecule has 0 saturated carbocycles. The van der Waals surface area contributed by atoms with E-state index in [1.807, 2.05) is 18.3 Å². The minimum Gasteiger partial charge on any atom is -0.481 e. The van der Waals surface area contributed by atoms with Crippen molar-refractivity contribution < 1.29 is 9.15 Å². The Bertz CT molecular complexity index is 1300. The number of furan rings is 1. The van der Waals surface area contributed by atoms with E-state index in [9.17, 15) is 0 Å². The van der Waals surface area contributed by atoms with Gasteiger partial charge in [0, 0.05) is 51.9 Å². The molecule has 2 saturated heterocycles. The Hall–Kier alpha value is -3.93. The molecule has 0 aromatic carbocycles.